The van der Waals surface area contributed by atoms with Gasteiger partial charge in [0.05, 0.1) is 0 Å². The van der Waals surface area contributed by atoms with Gasteiger partial charge in [0.25, 0.3) is 0 Å². The average Bonchev–Trinajstić information content (AvgIpc) is 3.60. The van der Waals surface area contributed by atoms with Gasteiger partial charge in [0.1, 0.15) is 0 Å². The summed E-state index contributed by atoms with van der Waals surface area (Å²) in [5.41, 5.74) is 1.58. The Kier molecular flexibility index (Phi) is 4.29. The lowest BCUT2D eigenvalue weighted by Crippen LogP contribution is -2.30. The Morgan fingerprint density at radius 2 is 1.96 bits per heavy atom. The standard InChI is InChI=1S/C21H28N4O/c1-2-4-16(5-3-1)17-13-18(17)23-14-21(8-9-21)20-24-19(26-25-20)12-15-6-10-22-11-7-15/h1-5,15,17-18,22-23H,6-14H2/t17-,18+/m1/s1. The smallest absolute Gasteiger partial charge is 0.226 e. The number of hydrogen-bond acceptors (Lipinski definition) is 5. The molecule has 5 heteroatoms. The van der Waals surface area contributed by atoms with Crippen molar-refractivity contribution in [1.82, 2.24) is 20.8 Å². The second kappa shape index (κ2) is 6.78. The monoisotopic (exact) mass is 352 g/mol. The number of piperidine rings is 1. The molecule has 2 aromatic rings. The fourth-order valence-electron chi connectivity index (χ4n) is 4.33. The van der Waals surface area contributed by atoms with Crippen molar-refractivity contribution in [2.24, 2.45) is 5.92 Å². The van der Waals surface area contributed by atoms with Crippen molar-refractivity contribution < 1.29 is 4.52 Å². The lowest BCUT2D eigenvalue weighted by Gasteiger charge is -2.20. The Hall–Kier alpha value is -1.72. The number of benzene rings is 1. The van der Waals surface area contributed by atoms with Gasteiger partial charge in [0.2, 0.25) is 5.89 Å². The number of rotatable bonds is 7. The molecule has 1 aliphatic heterocycles. The van der Waals surface area contributed by atoms with Gasteiger partial charge < -0.3 is 15.2 Å². The SMILES string of the molecule is c1ccc([C@H]2C[C@@H]2NCC2(c3noc(CC4CCNCC4)n3)CC2)cc1. The molecule has 0 amide bonds. The molecule has 3 aliphatic rings. The average molecular weight is 352 g/mol. The fourth-order valence-corrected chi connectivity index (χ4v) is 4.33. The zero-order chi connectivity index (χ0) is 17.4. The van der Waals surface area contributed by atoms with E-state index in [0.717, 1.165) is 37.8 Å². The van der Waals surface area contributed by atoms with Crippen molar-refractivity contribution in [3.05, 3.63) is 47.6 Å². The molecule has 5 rings (SSSR count). The molecular weight excluding hydrogens is 324 g/mol. The highest BCUT2D eigenvalue weighted by Gasteiger charge is 2.50. The lowest BCUT2D eigenvalue weighted by molar-refractivity contribution is 0.310. The Morgan fingerprint density at radius 3 is 2.73 bits per heavy atom. The molecule has 0 radical (unpaired) electrons. The summed E-state index contributed by atoms with van der Waals surface area (Å²) in [4.78, 5) is 4.78. The molecule has 1 aromatic carbocycles. The van der Waals surface area contributed by atoms with Crippen LogP contribution in [0.2, 0.25) is 0 Å². The predicted molar refractivity (Wildman–Crippen MR) is 100 cm³/mol. The normalized spacial score (nSPS) is 27.4. The van der Waals surface area contributed by atoms with Gasteiger partial charge in [-0.05, 0) is 56.7 Å². The van der Waals surface area contributed by atoms with Crippen LogP contribution >= 0.6 is 0 Å². The van der Waals surface area contributed by atoms with Crippen molar-refractivity contribution in [3.63, 3.8) is 0 Å². The van der Waals surface area contributed by atoms with Gasteiger partial charge in [-0.25, -0.2) is 0 Å². The van der Waals surface area contributed by atoms with Crippen LogP contribution in [0.1, 0.15) is 55.3 Å². The molecule has 0 unspecified atom stereocenters. The molecule has 1 saturated heterocycles. The molecule has 2 N–H and O–H groups in total. The Morgan fingerprint density at radius 1 is 1.15 bits per heavy atom. The van der Waals surface area contributed by atoms with Crippen LogP contribution in [0, 0.1) is 5.92 Å². The summed E-state index contributed by atoms with van der Waals surface area (Å²) in [7, 11) is 0. The first-order valence-corrected chi connectivity index (χ1v) is 10.1. The van der Waals surface area contributed by atoms with E-state index < -0.39 is 0 Å². The van der Waals surface area contributed by atoms with Crippen molar-refractivity contribution in [1.29, 1.82) is 0 Å². The van der Waals surface area contributed by atoms with Gasteiger partial charge in [-0.1, -0.05) is 35.5 Å². The summed E-state index contributed by atoms with van der Waals surface area (Å²) in [6.45, 7) is 3.21. The van der Waals surface area contributed by atoms with Crippen LogP contribution in [0.15, 0.2) is 34.9 Å². The molecule has 2 aliphatic carbocycles. The molecule has 2 saturated carbocycles. The number of hydrogen-bond donors (Lipinski definition) is 2. The minimum atomic E-state index is 0.125. The summed E-state index contributed by atoms with van der Waals surface area (Å²) in [6, 6.07) is 11.4. The first-order valence-electron chi connectivity index (χ1n) is 10.1. The highest BCUT2D eigenvalue weighted by Crippen LogP contribution is 2.48. The van der Waals surface area contributed by atoms with Crippen LogP contribution in [-0.2, 0) is 11.8 Å². The van der Waals surface area contributed by atoms with Crippen molar-refractivity contribution in [2.45, 2.75) is 55.9 Å². The number of aromatic nitrogens is 2. The molecule has 138 valence electrons. The molecule has 0 spiro atoms. The fraction of sp³-hybridized carbons (Fsp3) is 0.619. The number of nitrogens with one attached hydrogen (secondary N) is 2. The molecule has 26 heavy (non-hydrogen) atoms. The quantitative estimate of drug-likeness (QED) is 0.802. The van der Waals surface area contributed by atoms with Crippen LogP contribution in [0.5, 0.6) is 0 Å². The van der Waals surface area contributed by atoms with E-state index in [1.807, 2.05) is 0 Å². The topological polar surface area (TPSA) is 63.0 Å². The zero-order valence-electron chi connectivity index (χ0n) is 15.3. The summed E-state index contributed by atoms with van der Waals surface area (Å²) >= 11 is 0. The van der Waals surface area contributed by atoms with E-state index in [9.17, 15) is 0 Å². The molecule has 2 heterocycles. The molecule has 3 fully saturated rings. The van der Waals surface area contributed by atoms with Crippen LogP contribution in [0.25, 0.3) is 0 Å². The van der Waals surface area contributed by atoms with Gasteiger partial charge in [-0.15, -0.1) is 0 Å². The third kappa shape index (κ3) is 3.42. The maximum absolute atomic E-state index is 5.60. The number of nitrogens with zero attached hydrogens (tertiary/aromatic N) is 2. The maximum Gasteiger partial charge on any atom is 0.226 e. The molecule has 1 aromatic heterocycles. The zero-order valence-corrected chi connectivity index (χ0v) is 15.3. The second-order valence-corrected chi connectivity index (χ2v) is 8.43. The second-order valence-electron chi connectivity index (χ2n) is 8.43. The maximum atomic E-state index is 5.60. The summed E-state index contributed by atoms with van der Waals surface area (Å²) < 4.78 is 5.60. The van der Waals surface area contributed by atoms with Gasteiger partial charge in [-0.2, -0.15) is 4.98 Å². The van der Waals surface area contributed by atoms with Gasteiger partial charge in [-0.3, -0.25) is 0 Å². The van der Waals surface area contributed by atoms with E-state index in [0.29, 0.717) is 17.9 Å². The highest BCUT2D eigenvalue weighted by atomic mass is 16.5. The van der Waals surface area contributed by atoms with Crippen LogP contribution < -0.4 is 10.6 Å². The van der Waals surface area contributed by atoms with E-state index in [4.69, 9.17) is 9.51 Å². The molecule has 2 atom stereocenters. The first kappa shape index (κ1) is 16.5. The largest absolute Gasteiger partial charge is 0.339 e. The van der Waals surface area contributed by atoms with Crippen LogP contribution in [-0.4, -0.2) is 35.8 Å². The summed E-state index contributed by atoms with van der Waals surface area (Å²) in [5, 5.41) is 11.5. The molecule has 5 nitrogen and oxygen atoms in total. The summed E-state index contributed by atoms with van der Waals surface area (Å²) in [5.74, 6) is 3.14. The van der Waals surface area contributed by atoms with Crippen molar-refractivity contribution in [3.8, 4) is 0 Å². The van der Waals surface area contributed by atoms with Crippen molar-refractivity contribution >= 4 is 0 Å². The van der Waals surface area contributed by atoms with Crippen LogP contribution in [0.3, 0.4) is 0 Å². The molecule has 0 bridgehead atoms. The van der Waals surface area contributed by atoms with Gasteiger partial charge in [0.15, 0.2) is 5.82 Å². The minimum Gasteiger partial charge on any atom is -0.339 e. The first-order chi connectivity index (χ1) is 12.8. The minimum absolute atomic E-state index is 0.125. The Labute approximate surface area is 154 Å². The van der Waals surface area contributed by atoms with E-state index in [1.54, 1.807) is 0 Å². The predicted octanol–water partition coefficient (Wildman–Crippen LogP) is 2.79. The Balaban J connectivity index is 1.16. The molecular formula is C21H28N4O. The van der Waals surface area contributed by atoms with Crippen LogP contribution in [0.4, 0.5) is 0 Å². The summed E-state index contributed by atoms with van der Waals surface area (Å²) in [6.07, 6.45) is 6.97. The van der Waals surface area contributed by atoms with E-state index >= 15 is 0 Å². The third-order valence-corrected chi connectivity index (χ3v) is 6.44. The van der Waals surface area contributed by atoms with E-state index in [-0.39, 0.29) is 5.41 Å². The van der Waals surface area contributed by atoms with Crippen molar-refractivity contribution in [2.75, 3.05) is 19.6 Å². The van der Waals surface area contributed by atoms with E-state index in [2.05, 4.69) is 46.1 Å². The Bertz CT molecular complexity index is 733. The lowest BCUT2D eigenvalue weighted by atomic mass is 9.95. The third-order valence-electron chi connectivity index (χ3n) is 6.44. The van der Waals surface area contributed by atoms with Gasteiger partial charge in [0, 0.05) is 30.3 Å². The van der Waals surface area contributed by atoms with E-state index in [1.165, 1.54) is 37.7 Å². The van der Waals surface area contributed by atoms with Gasteiger partial charge >= 0.3 is 0 Å². The highest BCUT2D eigenvalue weighted by molar-refractivity contribution is 5.28.